The third kappa shape index (κ3) is 4.12. The van der Waals surface area contributed by atoms with Gasteiger partial charge < -0.3 is 0 Å². The molecule has 0 saturated carbocycles. The number of allylic oxidation sites excluding steroid dienone is 7. The lowest BCUT2D eigenvalue weighted by Crippen LogP contribution is -2.41. The van der Waals surface area contributed by atoms with Crippen LogP contribution in [0.15, 0.2) is 102 Å². The number of carbonyl (C=O) groups is 1. The lowest BCUT2D eigenvalue weighted by atomic mass is 10.1. The molecule has 0 aliphatic carbocycles. The number of benzene rings is 1. The summed E-state index contributed by atoms with van der Waals surface area (Å²) in [5.41, 5.74) is 2.55. The Bertz CT molecular complexity index is 783. The van der Waals surface area contributed by atoms with E-state index in [1.165, 1.54) is 0 Å². The van der Waals surface area contributed by atoms with Gasteiger partial charge in [0, 0.05) is 10.6 Å². The molecule has 0 N–H and O–H groups in total. The second-order valence-electron chi connectivity index (χ2n) is 5.35. The van der Waals surface area contributed by atoms with Crippen molar-refractivity contribution in [2.75, 3.05) is 0 Å². The third-order valence-electron chi connectivity index (χ3n) is 3.79. The number of rotatable bonds is 6. The Kier molecular flexibility index (Phi) is 6.84. The maximum Gasteiger partial charge on any atom is 0.260 e. The molecule has 1 heterocycles. The molecule has 128 valence electrons. The van der Waals surface area contributed by atoms with Gasteiger partial charge in [-0.15, -0.1) is 0 Å². The molecule has 0 fully saturated rings. The monoisotopic (exact) mass is 349 g/mol. The molecule has 1 unspecified atom stereocenters. The van der Waals surface area contributed by atoms with Crippen LogP contribution < -0.4 is 0 Å². The third-order valence-corrected chi connectivity index (χ3v) is 5.10. The summed E-state index contributed by atoms with van der Waals surface area (Å²) in [5.74, 6) is -0.00519. The van der Waals surface area contributed by atoms with E-state index in [1.807, 2.05) is 85.5 Å². The van der Waals surface area contributed by atoms with Gasteiger partial charge in [-0.05, 0) is 37.6 Å². The Morgan fingerprint density at radius 1 is 1.20 bits per heavy atom. The molecule has 0 bridgehead atoms. The first-order chi connectivity index (χ1) is 12.2. The molecule has 1 amide bonds. The zero-order chi connectivity index (χ0) is 18.2. The lowest BCUT2D eigenvalue weighted by molar-refractivity contribution is 0.0801. The Hall–Kier alpha value is -2.52. The number of fused-ring (bicyclic) bond motifs is 1. The molecule has 25 heavy (non-hydrogen) atoms. The highest BCUT2D eigenvalue weighted by atomic mass is 32.2. The van der Waals surface area contributed by atoms with Gasteiger partial charge in [-0.1, -0.05) is 79.6 Å². The van der Waals surface area contributed by atoms with E-state index in [-0.39, 0.29) is 11.3 Å². The summed E-state index contributed by atoms with van der Waals surface area (Å²) in [6.45, 7) is 11.6. The fourth-order valence-corrected chi connectivity index (χ4v) is 3.88. The van der Waals surface area contributed by atoms with Crippen LogP contribution in [0.4, 0.5) is 0 Å². The normalized spacial score (nSPS) is 18.7. The Morgan fingerprint density at radius 3 is 2.60 bits per heavy atom. The minimum atomic E-state index is -0.170. The molecule has 0 spiro atoms. The standard InChI is InChI=1S/C22H23NOS/c1-5-9-13-17(7-3)22-23(18(8-4)14-10-6-2)21(24)19-15-11-12-16-20(19)25-22/h5-16,22H,2-3H2,1,4H3/b9-5-,14-10-,17-13+,18-8+. The summed E-state index contributed by atoms with van der Waals surface area (Å²) in [6.07, 6.45) is 15.1. The largest absolute Gasteiger partial charge is 0.292 e. The molecule has 0 aromatic heterocycles. The fraction of sp³-hybridized carbons (Fsp3) is 0.136. The molecule has 2 nitrogen and oxygen atoms in total. The summed E-state index contributed by atoms with van der Waals surface area (Å²) in [5, 5.41) is -0.170. The molecule has 0 radical (unpaired) electrons. The maximum atomic E-state index is 13.2. The zero-order valence-corrected chi connectivity index (χ0v) is 15.5. The first-order valence-corrected chi connectivity index (χ1v) is 9.05. The van der Waals surface area contributed by atoms with Gasteiger partial charge >= 0.3 is 0 Å². The molecular formula is C22H23NOS. The van der Waals surface area contributed by atoms with Crippen LogP contribution in [-0.4, -0.2) is 16.2 Å². The van der Waals surface area contributed by atoms with E-state index in [0.717, 1.165) is 21.7 Å². The van der Waals surface area contributed by atoms with E-state index in [2.05, 4.69) is 13.2 Å². The Morgan fingerprint density at radius 2 is 1.96 bits per heavy atom. The van der Waals surface area contributed by atoms with Crippen molar-refractivity contribution >= 4 is 17.7 Å². The van der Waals surface area contributed by atoms with Crippen molar-refractivity contribution in [1.29, 1.82) is 0 Å². The Balaban J connectivity index is 2.60. The molecule has 1 atom stereocenters. The van der Waals surface area contributed by atoms with Gasteiger partial charge in [0.2, 0.25) is 0 Å². The second kappa shape index (κ2) is 9.09. The van der Waals surface area contributed by atoms with Gasteiger partial charge in [-0.3, -0.25) is 9.69 Å². The van der Waals surface area contributed by atoms with E-state index in [9.17, 15) is 4.79 Å². The molecule has 1 aromatic rings. The SMILES string of the molecule is C=C/C=C\C(=C/C)N1C(=O)c2ccccc2SC1/C(C=C)=C/C=C\C. The highest BCUT2D eigenvalue weighted by Gasteiger charge is 2.35. The van der Waals surface area contributed by atoms with E-state index in [1.54, 1.807) is 17.8 Å². The Labute approximate surface area is 154 Å². The van der Waals surface area contributed by atoms with Crippen molar-refractivity contribution in [2.45, 2.75) is 24.1 Å². The number of thioether (sulfide) groups is 1. The van der Waals surface area contributed by atoms with Crippen LogP contribution in [-0.2, 0) is 0 Å². The van der Waals surface area contributed by atoms with Crippen molar-refractivity contribution in [2.24, 2.45) is 0 Å². The van der Waals surface area contributed by atoms with Gasteiger partial charge in [0.25, 0.3) is 5.91 Å². The van der Waals surface area contributed by atoms with Gasteiger partial charge in [-0.25, -0.2) is 0 Å². The molecule has 2 rings (SSSR count). The molecule has 1 aliphatic heterocycles. The minimum Gasteiger partial charge on any atom is -0.292 e. The number of carbonyl (C=O) groups excluding carboxylic acids is 1. The molecule has 1 aromatic carbocycles. The van der Waals surface area contributed by atoms with Gasteiger partial charge in [0.05, 0.1) is 5.56 Å². The molecular weight excluding hydrogens is 326 g/mol. The molecule has 1 aliphatic rings. The summed E-state index contributed by atoms with van der Waals surface area (Å²) < 4.78 is 0. The van der Waals surface area contributed by atoms with Gasteiger partial charge in [-0.2, -0.15) is 0 Å². The van der Waals surface area contributed by atoms with Gasteiger partial charge in [0.15, 0.2) is 0 Å². The van der Waals surface area contributed by atoms with Crippen molar-refractivity contribution in [3.05, 3.63) is 103 Å². The quantitative estimate of drug-likeness (QED) is 0.596. The maximum absolute atomic E-state index is 13.2. The van der Waals surface area contributed by atoms with E-state index >= 15 is 0 Å². The smallest absolute Gasteiger partial charge is 0.260 e. The summed E-state index contributed by atoms with van der Waals surface area (Å²) in [7, 11) is 0. The number of hydrogen-bond donors (Lipinski definition) is 0. The van der Waals surface area contributed by atoms with Crippen LogP contribution in [0, 0.1) is 0 Å². The zero-order valence-electron chi connectivity index (χ0n) is 14.7. The highest BCUT2D eigenvalue weighted by molar-refractivity contribution is 8.00. The predicted molar refractivity (Wildman–Crippen MR) is 108 cm³/mol. The highest BCUT2D eigenvalue weighted by Crippen LogP contribution is 2.41. The van der Waals surface area contributed by atoms with Crippen molar-refractivity contribution in [3.63, 3.8) is 0 Å². The summed E-state index contributed by atoms with van der Waals surface area (Å²) >= 11 is 1.66. The fourth-order valence-electron chi connectivity index (χ4n) is 2.57. The van der Waals surface area contributed by atoms with Crippen LogP contribution in [0.3, 0.4) is 0 Å². The number of hydrogen-bond acceptors (Lipinski definition) is 2. The van der Waals surface area contributed by atoms with Crippen molar-refractivity contribution in [3.8, 4) is 0 Å². The van der Waals surface area contributed by atoms with Crippen LogP contribution in [0.5, 0.6) is 0 Å². The van der Waals surface area contributed by atoms with E-state index in [4.69, 9.17) is 0 Å². The average Bonchev–Trinajstić information content (AvgIpc) is 2.64. The first-order valence-electron chi connectivity index (χ1n) is 8.17. The summed E-state index contributed by atoms with van der Waals surface area (Å²) in [6, 6.07) is 7.73. The number of nitrogens with zero attached hydrogens (tertiary/aromatic N) is 1. The first kappa shape index (κ1) is 18.8. The van der Waals surface area contributed by atoms with Crippen LogP contribution >= 0.6 is 11.8 Å². The van der Waals surface area contributed by atoms with Gasteiger partial charge in [0.1, 0.15) is 5.37 Å². The number of amides is 1. The lowest BCUT2D eigenvalue weighted by Gasteiger charge is -2.37. The van der Waals surface area contributed by atoms with Crippen molar-refractivity contribution < 1.29 is 4.79 Å². The topological polar surface area (TPSA) is 20.3 Å². The molecule has 3 heteroatoms. The van der Waals surface area contributed by atoms with Crippen LogP contribution in [0.25, 0.3) is 0 Å². The minimum absolute atomic E-state index is 0.00519. The van der Waals surface area contributed by atoms with Crippen molar-refractivity contribution in [1.82, 2.24) is 4.90 Å². The molecule has 0 saturated heterocycles. The predicted octanol–water partition coefficient (Wildman–Crippen LogP) is 5.90. The van der Waals surface area contributed by atoms with E-state index < -0.39 is 0 Å². The van der Waals surface area contributed by atoms with Crippen LogP contribution in [0.1, 0.15) is 24.2 Å². The average molecular weight is 349 g/mol. The summed E-state index contributed by atoms with van der Waals surface area (Å²) in [4.78, 5) is 16.0. The van der Waals surface area contributed by atoms with E-state index in [0.29, 0.717) is 0 Å². The second-order valence-corrected chi connectivity index (χ2v) is 6.47. The van der Waals surface area contributed by atoms with Crippen LogP contribution in [0.2, 0.25) is 0 Å².